The van der Waals surface area contributed by atoms with Gasteiger partial charge in [0.2, 0.25) is 5.91 Å². The van der Waals surface area contributed by atoms with Crippen LogP contribution in [0.15, 0.2) is 16.8 Å². The first-order chi connectivity index (χ1) is 9.20. The molecule has 3 rings (SSSR count). The number of ether oxygens (including phenoxy) is 1. The number of rotatable bonds is 3. The van der Waals surface area contributed by atoms with Gasteiger partial charge in [0.25, 0.3) is 0 Å². The summed E-state index contributed by atoms with van der Waals surface area (Å²) < 4.78 is 5.43. The highest BCUT2D eigenvalue weighted by molar-refractivity contribution is 7.07. The van der Waals surface area contributed by atoms with E-state index in [0.29, 0.717) is 12.1 Å². The van der Waals surface area contributed by atoms with Gasteiger partial charge in [0.1, 0.15) is 6.17 Å². The van der Waals surface area contributed by atoms with Gasteiger partial charge in [-0.15, -0.1) is 0 Å². The van der Waals surface area contributed by atoms with Crippen LogP contribution in [0.1, 0.15) is 37.9 Å². The molecular weight excluding hydrogens is 260 g/mol. The van der Waals surface area contributed by atoms with E-state index in [0.717, 1.165) is 19.3 Å². The zero-order valence-electron chi connectivity index (χ0n) is 11.3. The summed E-state index contributed by atoms with van der Waals surface area (Å²) in [5.41, 5.74) is 1.20. The van der Waals surface area contributed by atoms with Crippen LogP contribution in [-0.2, 0) is 9.53 Å². The zero-order chi connectivity index (χ0) is 13.4. The molecule has 19 heavy (non-hydrogen) atoms. The minimum absolute atomic E-state index is 0.0364. The monoisotopic (exact) mass is 280 g/mol. The molecule has 2 fully saturated rings. The van der Waals surface area contributed by atoms with Crippen molar-refractivity contribution < 1.29 is 9.53 Å². The summed E-state index contributed by atoms with van der Waals surface area (Å²) in [6.45, 7) is 1.95. The molecule has 0 bridgehead atoms. The summed E-state index contributed by atoms with van der Waals surface area (Å²) in [7, 11) is 1.76. The second-order valence-electron chi connectivity index (χ2n) is 5.42. The number of thiophene rings is 1. The van der Waals surface area contributed by atoms with E-state index in [1.807, 2.05) is 11.8 Å². The van der Waals surface area contributed by atoms with E-state index in [2.05, 4.69) is 22.1 Å². The minimum atomic E-state index is -0.0912. The molecule has 4 nitrogen and oxygen atoms in total. The third-order valence-corrected chi connectivity index (χ3v) is 4.95. The van der Waals surface area contributed by atoms with Gasteiger partial charge in [-0.25, -0.2) is 0 Å². The van der Waals surface area contributed by atoms with Gasteiger partial charge >= 0.3 is 0 Å². The molecule has 1 aromatic heterocycles. The molecule has 1 aliphatic heterocycles. The largest absolute Gasteiger partial charge is 0.381 e. The van der Waals surface area contributed by atoms with Gasteiger partial charge in [0.05, 0.1) is 12.1 Å². The summed E-state index contributed by atoms with van der Waals surface area (Å²) in [6.07, 6.45) is 3.39. The maximum Gasteiger partial charge on any atom is 0.241 e. The molecule has 5 heteroatoms. The molecule has 2 aliphatic rings. The summed E-state index contributed by atoms with van der Waals surface area (Å²) in [4.78, 5) is 14.5. The molecule has 0 spiro atoms. The standard InChI is InChI=1S/C14H20N2O2S/c1-9-14(17)16(11-3-4-12(7-11)18-2)13(15-9)10-5-6-19-8-10/h5-6,8-9,11-13,15H,3-4,7H2,1-2H3. The van der Waals surface area contributed by atoms with Gasteiger partial charge < -0.3 is 9.64 Å². The fourth-order valence-electron chi connectivity index (χ4n) is 3.20. The first-order valence-corrected chi connectivity index (χ1v) is 7.78. The smallest absolute Gasteiger partial charge is 0.241 e. The third-order valence-electron chi connectivity index (χ3n) is 4.25. The molecule has 1 amide bonds. The molecule has 4 unspecified atom stereocenters. The maximum atomic E-state index is 12.4. The van der Waals surface area contributed by atoms with Crippen molar-refractivity contribution >= 4 is 17.2 Å². The van der Waals surface area contributed by atoms with Crippen molar-refractivity contribution in [1.82, 2.24) is 10.2 Å². The Hall–Kier alpha value is -0.910. The van der Waals surface area contributed by atoms with Crippen LogP contribution < -0.4 is 5.32 Å². The summed E-state index contributed by atoms with van der Waals surface area (Å²) in [5.74, 6) is 0.220. The van der Waals surface area contributed by atoms with Crippen LogP contribution in [0.3, 0.4) is 0 Å². The Morgan fingerprint density at radius 1 is 1.47 bits per heavy atom. The first-order valence-electron chi connectivity index (χ1n) is 6.84. The summed E-state index contributed by atoms with van der Waals surface area (Å²) in [6, 6.07) is 2.31. The number of carbonyl (C=O) groups excluding carboxylic acids is 1. The van der Waals surface area contributed by atoms with Crippen molar-refractivity contribution in [2.24, 2.45) is 0 Å². The Morgan fingerprint density at radius 3 is 2.95 bits per heavy atom. The molecular formula is C14H20N2O2S. The van der Waals surface area contributed by atoms with Gasteiger partial charge in [0.15, 0.2) is 0 Å². The highest BCUT2D eigenvalue weighted by Gasteiger charge is 2.43. The molecule has 1 N–H and O–H groups in total. The Bertz CT molecular complexity index is 448. The lowest BCUT2D eigenvalue weighted by molar-refractivity contribution is -0.132. The number of nitrogens with one attached hydrogen (secondary N) is 1. The Kier molecular flexibility index (Phi) is 3.60. The topological polar surface area (TPSA) is 41.6 Å². The van der Waals surface area contributed by atoms with Crippen LogP contribution in [0, 0.1) is 0 Å². The summed E-state index contributed by atoms with van der Waals surface area (Å²) in [5, 5.41) is 7.60. The van der Waals surface area contributed by atoms with Gasteiger partial charge in [0, 0.05) is 13.2 Å². The van der Waals surface area contributed by atoms with Crippen LogP contribution in [-0.4, -0.2) is 36.1 Å². The van der Waals surface area contributed by atoms with E-state index in [4.69, 9.17) is 4.74 Å². The van der Waals surface area contributed by atoms with Crippen molar-refractivity contribution in [3.63, 3.8) is 0 Å². The molecule has 2 heterocycles. The van der Waals surface area contributed by atoms with Crippen molar-refractivity contribution in [2.45, 2.75) is 50.5 Å². The van der Waals surface area contributed by atoms with Gasteiger partial charge in [-0.2, -0.15) is 11.3 Å². The van der Waals surface area contributed by atoms with Crippen LogP contribution >= 0.6 is 11.3 Å². The molecule has 1 aliphatic carbocycles. The van der Waals surface area contributed by atoms with Gasteiger partial charge in [-0.05, 0) is 48.6 Å². The highest BCUT2D eigenvalue weighted by atomic mass is 32.1. The lowest BCUT2D eigenvalue weighted by Gasteiger charge is -2.30. The van der Waals surface area contributed by atoms with Crippen LogP contribution in [0.2, 0.25) is 0 Å². The average Bonchev–Trinajstić information content (AvgIpc) is 3.11. The van der Waals surface area contributed by atoms with E-state index in [9.17, 15) is 4.79 Å². The number of amides is 1. The van der Waals surface area contributed by atoms with E-state index >= 15 is 0 Å². The lowest BCUT2D eigenvalue weighted by atomic mass is 10.1. The molecule has 1 saturated heterocycles. The van der Waals surface area contributed by atoms with Gasteiger partial charge in [-0.3, -0.25) is 10.1 Å². The SMILES string of the molecule is COC1CCC(N2C(=O)C(C)NC2c2ccsc2)C1. The Balaban J connectivity index is 1.82. The molecule has 1 aromatic rings. The minimum Gasteiger partial charge on any atom is -0.381 e. The lowest BCUT2D eigenvalue weighted by Crippen LogP contribution is -2.38. The third kappa shape index (κ3) is 2.30. The number of carbonyl (C=O) groups is 1. The van der Waals surface area contributed by atoms with Crippen LogP contribution in [0.5, 0.6) is 0 Å². The second kappa shape index (κ2) is 5.23. The van der Waals surface area contributed by atoms with E-state index in [1.54, 1.807) is 18.4 Å². The average molecular weight is 280 g/mol. The second-order valence-corrected chi connectivity index (χ2v) is 6.20. The van der Waals surface area contributed by atoms with E-state index < -0.39 is 0 Å². The van der Waals surface area contributed by atoms with Crippen molar-refractivity contribution in [3.8, 4) is 0 Å². The molecule has 1 saturated carbocycles. The number of nitrogens with zero attached hydrogens (tertiary/aromatic N) is 1. The van der Waals surface area contributed by atoms with Crippen LogP contribution in [0.25, 0.3) is 0 Å². The van der Waals surface area contributed by atoms with Gasteiger partial charge in [-0.1, -0.05) is 0 Å². The predicted octanol–water partition coefficient (Wildman–Crippen LogP) is 2.13. The van der Waals surface area contributed by atoms with Crippen LogP contribution in [0.4, 0.5) is 0 Å². The fourth-order valence-corrected chi connectivity index (χ4v) is 3.88. The van der Waals surface area contributed by atoms with Crippen molar-refractivity contribution in [2.75, 3.05) is 7.11 Å². The number of hydrogen-bond donors (Lipinski definition) is 1. The molecule has 104 valence electrons. The Labute approximate surface area is 117 Å². The van der Waals surface area contributed by atoms with Crippen molar-refractivity contribution in [3.05, 3.63) is 22.4 Å². The first kappa shape index (κ1) is 13.1. The van der Waals surface area contributed by atoms with E-state index in [-0.39, 0.29) is 18.1 Å². The molecule has 0 aromatic carbocycles. The number of methoxy groups -OCH3 is 1. The van der Waals surface area contributed by atoms with E-state index in [1.165, 1.54) is 5.56 Å². The van der Waals surface area contributed by atoms with Crippen molar-refractivity contribution in [1.29, 1.82) is 0 Å². The highest BCUT2D eigenvalue weighted by Crippen LogP contribution is 2.35. The normalized spacial score (nSPS) is 35.3. The summed E-state index contributed by atoms with van der Waals surface area (Å²) >= 11 is 1.68. The number of hydrogen-bond acceptors (Lipinski definition) is 4. The maximum absolute atomic E-state index is 12.4. The fraction of sp³-hybridized carbons (Fsp3) is 0.643. The zero-order valence-corrected chi connectivity index (χ0v) is 12.2. The predicted molar refractivity (Wildman–Crippen MR) is 74.9 cm³/mol. The Morgan fingerprint density at radius 2 is 2.32 bits per heavy atom. The molecule has 4 atom stereocenters. The molecule has 0 radical (unpaired) electrons. The quantitative estimate of drug-likeness (QED) is 0.922.